The van der Waals surface area contributed by atoms with Gasteiger partial charge in [0.15, 0.2) is 11.4 Å². The Morgan fingerprint density at radius 1 is 1.45 bits per heavy atom. The summed E-state index contributed by atoms with van der Waals surface area (Å²) in [5.74, 6) is 0.244. The zero-order valence-electron chi connectivity index (χ0n) is 11.6. The quantitative estimate of drug-likeness (QED) is 0.695. The van der Waals surface area contributed by atoms with Gasteiger partial charge in [0.25, 0.3) is 0 Å². The van der Waals surface area contributed by atoms with Gasteiger partial charge in [-0.05, 0) is 32.0 Å². The van der Waals surface area contributed by atoms with E-state index in [1.165, 1.54) is 13.3 Å². The number of anilines is 1. The van der Waals surface area contributed by atoms with E-state index in [1.54, 1.807) is 22.9 Å². The van der Waals surface area contributed by atoms with Crippen LogP contribution in [0.15, 0.2) is 24.4 Å². The number of nitrogen functional groups attached to an aromatic ring is 1. The Bertz CT molecular complexity index is 650. The van der Waals surface area contributed by atoms with Crippen molar-refractivity contribution >= 4 is 23.1 Å². The topological polar surface area (TPSA) is 70.1 Å². The van der Waals surface area contributed by atoms with Crippen molar-refractivity contribution in [3.63, 3.8) is 0 Å². The molecular formula is C14H16ClN3O2. The number of aromatic nitrogens is 2. The normalized spacial score (nSPS) is 10.8. The first-order valence-corrected chi connectivity index (χ1v) is 6.54. The number of benzene rings is 1. The number of halogens is 1. The van der Waals surface area contributed by atoms with E-state index in [-0.39, 0.29) is 11.8 Å². The van der Waals surface area contributed by atoms with Gasteiger partial charge in [-0.1, -0.05) is 11.6 Å². The summed E-state index contributed by atoms with van der Waals surface area (Å²) in [6.45, 7) is 3.89. The molecule has 0 fully saturated rings. The van der Waals surface area contributed by atoms with E-state index >= 15 is 0 Å². The molecule has 2 N–H and O–H groups in total. The van der Waals surface area contributed by atoms with Crippen molar-refractivity contribution in [3.8, 4) is 5.75 Å². The van der Waals surface area contributed by atoms with E-state index in [4.69, 9.17) is 22.1 Å². The molecule has 0 aliphatic heterocycles. The Hall–Kier alpha value is -2.01. The van der Waals surface area contributed by atoms with Gasteiger partial charge in [0.2, 0.25) is 5.78 Å². The second-order valence-electron chi connectivity index (χ2n) is 4.67. The first kappa shape index (κ1) is 14.4. The van der Waals surface area contributed by atoms with Gasteiger partial charge >= 0.3 is 0 Å². The number of nitrogens with two attached hydrogens (primary N) is 1. The number of ether oxygens (including phenoxy) is 1. The van der Waals surface area contributed by atoms with Gasteiger partial charge in [-0.25, -0.2) is 0 Å². The van der Waals surface area contributed by atoms with Crippen LogP contribution in [0.1, 0.15) is 35.9 Å². The minimum absolute atomic E-state index is 0.0440. The maximum Gasteiger partial charge on any atom is 0.214 e. The minimum atomic E-state index is -0.198. The number of rotatable bonds is 4. The summed E-state index contributed by atoms with van der Waals surface area (Å²) in [5.41, 5.74) is 6.97. The summed E-state index contributed by atoms with van der Waals surface area (Å²) in [5, 5.41) is 4.61. The molecule has 106 valence electrons. The van der Waals surface area contributed by atoms with Gasteiger partial charge in [-0.2, -0.15) is 5.10 Å². The first-order valence-electron chi connectivity index (χ1n) is 6.17. The van der Waals surface area contributed by atoms with E-state index in [0.717, 1.165) is 0 Å². The molecule has 0 aliphatic rings. The summed E-state index contributed by atoms with van der Waals surface area (Å²) in [6.07, 6.45) is 1.53. The van der Waals surface area contributed by atoms with Crippen molar-refractivity contribution in [3.05, 3.63) is 40.7 Å². The molecule has 0 amide bonds. The lowest BCUT2D eigenvalue weighted by atomic mass is 10.1. The lowest BCUT2D eigenvalue weighted by Crippen LogP contribution is -2.14. The molecule has 0 unspecified atom stereocenters. The monoisotopic (exact) mass is 293 g/mol. The standard InChI is InChI=1S/C14H16ClN3O2/c1-8(2)18-13(12(20-3)7-17-18)14(19)9-4-5-10(15)11(16)6-9/h4-8H,16H2,1-3H3. The molecule has 1 aromatic heterocycles. The molecule has 1 heterocycles. The van der Waals surface area contributed by atoms with Gasteiger partial charge in [0.05, 0.1) is 24.0 Å². The highest BCUT2D eigenvalue weighted by Gasteiger charge is 2.22. The Kier molecular flexibility index (Phi) is 3.99. The lowest BCUT2D eigenvalue weighted by Gasteiger charge is -2.11. The number of methoxy groups -OCH3 is 1. The second kappa shape index (κ2) is 5.54. The Labute approximate surface area is 122 Å². The lowest BCUT2D eigenvalue weighted by molar-refractivity contribution is 0.102. The molecule has 2 aromatic rings. The van der Waals surface area contributed by atoms with Crippen molar-refractivity contribution in [1.29, 1.82) is 0 Å². The summed E-state index contributed by atoms with van der Waals surface area (Å²) in [4.78, 5) is 12.6. The average Bonchev–Trinajstić information content (AvgIpc) is 2.85. The van der Waals surface area contributed by atoms with Crippen LogP contribution in [0.4, 0.5) is 5.69 Å². The highest BCUT2D eigenvalue weighted by molar-refractivity contribution is 6.33. The molecule has 0 bridgehead atoms. The Morgan fingerprint density at radius 2 is 2.15 bits per heavy atom. The van der Waals surface area contributed by atoms with E-state index < -0.39 is 0 Å². The molecular weight excluding hydrogens is 278 g/mol. The fourth-order valence-electron chi connectivity index (χ4n) is 1.92. The number of ketones is 1. The molecule has 0 radical (unpaired) electrons. The van der Waals surface area contributed by atoms with Gasteiger partial charge in [0, 0.05) is 11.6 Å². The zero-order chi connectivity index (χ0) is 14.9. The molecule has 0 saturated carbocycles. The molecule has 0 spiro atoms. The molecule has 0 saturated heterocycles. The predicted octanol–water partition coefficient (Wildman–Crippen LogP) is 2.94. The maximum absolute atomic E-state index is 12.6. The zero-order valence-corrected chi connectivity index (χ0v) is 12.3. The summed E-state index contributed by atoms with van der Waals surface area (Å²) in [7, 11) is 1.51. The van der Waals surface area contributed by atoms with E-state index in [9.17, 15) is 4.79 Å². The van der Waals surface area contributed by atoms with Crippen LogP contribution in [-0.2, 0) is 0 Å². The van der Waals surface area contributed by atoms with Gasteiger partial charge in [-0.3, -0.25) is 9.48 Å². The number of nitrogens with zero attached hydrogens (tertiary/aromatic N) is 2. The number of carbonyl (C=O) groups excluding carboxylic acids is 1. The highest BCUT2D eigenvalue weighted by atomic mass is 35.5. The fourth-order valence-corrected chi connectivity index (χ4v) is 2.04. The minimum Gasteiger partial charge on any atom is -0.493 e. The highest BCUT2D eigenvalue weighted by Crippen LogP contribution is 2.26. The predicted molar refractivity (Wildman–Crippen MR) is 78.5 cm³/mol. The van der Waals surface area contributed by atoms with Crippen LogP contribution in [0.2, 0.25) is 5.02 Å². The van der Waals surface area contributed by atoms with Crippen molar-refractivity contribution in [1.82, 2.24) is 9.78 Å². The summed E-state index contributed by atoms with van der Waals surface area (Å²) < 4.78 is 6.84. The first-order chi connectivity index (χ1) is 9.45. The Morgan fingerprint density at radius 3 is 2.70 bits per heavy atom. The molecule has 20 heavy (non-hydrogen) atoms. The van der Waals surface area contributed by atoms with Crippen LogP contribution < -0.4 is 10.5 Å². The van der Waals surface area contributed by atoms with Crippen molar-refractivity contribution < 1.29 is 9.53 Å². The van der Waals surface area contributed by atoms with E-state index in [0.29, 0.717) is 27.7 Å². The largest absolute Gasteiger partial charge is 0.493 e. The molecule has 5 nitrogen and oxygen atoms in total. The number of hydrogen-bond acceptors (Lipinski definition) is 4. The van der Waals surface area contributed by atoms with Crippen LogP contribution in [0.25, 0.3) is 0 Å². The molecule has 0 aliphatic carbocycles. The van der Waals surface area contributed by atoms with Gasteiger partial charge in [-0.15, -0.1) is 0 Å². The number of carbonyl (C=O) groups is 1. The molecule has 1 aromatic carbocycles. The van der Waals surface area contributed by atoms with Crippen molar-refractivity contribution in [2.45, 2.75) is 19.9 Å². The third-order valence-corrected chi connectivity index (χ3v) is 3.29. The smallest absolute Gasteiger partial charge is 0.214 e. The SMILES string of the molecule is COc1cnn(C(C)C)c1C(=O)c1ccc(Cl)c(N)c1. The van der Waals surface area contributed by atoms with E-state index in [2.05, 4.69) is 5.10 Å². The van der Waals surface area contributed by atoms with Crippen LogP contribution in [0.5, 0.6) is 5.75 Å². The third-order valence-electron chi connectivity index (χ3n) is 2.94. The van der Waals surface area contributed by atoms with Gasteiger partial charge in [0.1, 0.15) is 0 Å². The van der Waals surface area contributed by atoms with Crippen LogP contribution in [-0.4, -0.2) is 22.7 Å². The van der Waals surface area contributed by atoms with Crippen molar-refractivity contribution in [2.75, 3.05) is 12.8 Å². The fraction of sp³-hybridized carbons (Fsp3) is 0.286. The summed E-state index contributed by atoms with van der Waals surface area (Å²) >= 11 is 5.87. The second-order valence-corrected chi connectivity index (χ2v) is 5.07. The molecule has 0 atom stereocenters. The van der Waals surface area contributed by atoms with Crippen LogP contribution >= 0.6 is 11.6 Å². The van der Waals surface area contributed by atoms with Crippen LogP contribution in [0.3, 0.4) is 0 Å². The third kappa shape index (κ3) is 2.49. The number of hydrogen-bond donors (Lipinski definition) is 1. The van der Waals surface area contributed by atoms with Gasteiger partial charge < -0.3 is 10.5 Å². The maximum atomic E-state index is 12.6. The van der Waals surface area contributed by atoms with Crippen LogP contribution in [0, 0.1) is 0 Å². The molecule has 2 rings (SSSR count). The molecule has 6 heteroatoms. The summed E-state index contributed by atoms with van der Waals surface area (Å²) in [6, 6.07) is 4.84. The van der Waals surface area contributed by atoms with E-state index in [1.807, 2.05) is 13.8 Å². The van der Waals surface area contributed by atoms with Crippen molar-refractivity contribution in [2.24, 2.45) is 0 Å². The Balaban J connectivity index is 2.52. The average molecular weight is 294 g/mol.